The van der Waals surface area contributed by atoms with Crippen LogP contribution in [0.5, 0.6) is 0 Å². The molecule has 0 bridgehead atoms. The summed E-state index contributed by atoms with van der Waals surface area (Å²) in [5.41, 5.74) is 0.753. The first-order valence-electron chi connectivity index (χ1n) is 4.05. The molecule has 15 heavy (non-hydrogen) atoms. The van der Waals surface area contributed by atoms with Gasteiger partial charge < -0.3 is 5.11 Å². The standard InChI is InChI=1S/C9H10O5S/c1-15(12,13)14-6-7-2-4-8(5-3-7)9(10)11/h2-5H,6H2,1H3,(H,10,11). The van der Waals surface area contributed by atoms with Crippen LogP contribution in [-0.4, -0.2) is 25.7 Å². The second kappa shape index (κ2) is 4.41. The summed E-state index contributed by atoms with van der Waals surface area (Å²) in [6, 6.07) is 5.80. The van der Waals surface area contributed by atoms with Crippen molar-refractivity contribution < 1.29 is 22.5 Å². The number of carboxylic acids is 1. The number of rotatable bonds is 4. The molecular weight excluding hydrogens is 220 g/mol. The third kappa shape index (κ3) is 4.09. The second-order valence-electron chi connectivity index (χ2n) is 2.97. The third-order valence-electron chi connectivity index (χ3n) is 1.64. The zero-order chi connectivity index (χ0) is 11.5. The number of aromatic carboxylic acids is 1. The molecule has 0 aliphatic rings. The Morgan fingerprint density at radius 1 is 1.33 bits per heavy atom. The molecule has 0 spiro atoms. The van der Waals surface area contributed by atoms with Crippen molar-refractivity contribution in [1.82, 2.24) is 0 Å². The van der Waals surface area contributed by atoms with Gasteiger partial charge in [0.15, 0.2) is 0 Å². The molecule has 0 saturated carbocycles. The predicted molar refractivity (Wildman–Crippen MR) is 53.0 cm³/mol. The Labute approximate surface area is 87.4 Å². The van der Waals surface area contributed by atoms with Crippen LogP contribution in [0.15, 0.2) is 24.3 Å². The minimum absolute atomic E-state index is 0.0846. The van der Waals surface area contributed by atoms with Crippen molar-refractivity contribution in [2.45, 2.75) is 6.61 Å². The molecule has 1 aromatic rings. The van der Waals surface area contributed by atoms with E-state index in [0.717, 1.165) is 6.26 Å². The normalized spacial score (nSPS) is 11.3. The van der Waals surface area contributed by atoms with E-state index in [9.17, 15) is 13.2 Å². The van der Waals surface area contributed by atoms with Gasteiger partial charge in [-0.05, 0) is 17.7 Å². The molecule has 0 radical (unpaired) electrons. The zero-order valence-corrected chi connectivity index (χ0v) is 8.82. The first-order valence-corrected chi connectivity index (χ1v) is 5.87. The third-order valence-corrected chi connectivity index (χ3v) is 2.19. The highest BCUT2D eigenvalue weighted by molar-refractivity contribution is 7.85. The van der Waals surface area contributed by atoms with Crippen molar-refractivity contribution in [2.24, 2.45) is 0 Å². The Kier molecular flexibility index (Phi) is 3.43. The number of hydrogen-bond acceptors (Lipinski definition) is 4. The molecule has 0 fully saturated rings. The van der Waals surface area contributed by atoms with Crippen LogP contribution in [0.25, 0.3) is 0 Å². The molecule has 1 N–H and O–H groups in total. The van der Waals surface area contributed by atoms with Crippen molar-refractivity contribution in [2.75, 3.05) is 6.26 Å². The summed E-state index contributed by atoms with van der Waals surface area (Å²) in [6.07, 6.45) is 0.957. The lowest BCUT2D eigenvalue weighted by atomic mass is 10.1. The average molecular weight is 230 g/mol. The quantitative estimate of drug-likeness (QED) is 0.776. The minimum atomic E-state index is -3.47. The SMILES string of the molecule is CS(=O)(=O)OCc1ccc(C(=O)O)cc1. The van der Waals surface area contributed by atoms with E-state index in [2.05, 4.69) is 4.18 Å². The number of carboxylic acid groups (broad SMARTS) is 1. The summed E-state index contributed by atoms with van der Waals surface area (Å²) >= 11 is 0. The van der Waals surface area contributed by atoms with E-state index in [0.29, 0.717) is 5.56 Å². The van der Waals surface area contributed by atoms with Crippen LogP contribution >= 0.6 is 0 Å². The monoisotopic (exact) mass is 230 g/mol. The van der Waals surface area contributed by atoms with Crippen LogP contribution in [0.3, 0.4) is 0 Å². The Bertz CT molecular complexity index is 446. The second-order valence-corrected chi connectivity index (χ2v) is 4.61. The van der Waals surface area contributed by atoms with Gasteiger partial charge in [-0.15, -0.1) is 0 Å². The lowest BCUT2D eigenvalue weighted by molar-refractivity contribution is 0.0697. The van der Waals surface area contributed by atoms with Gasteiger partial charge in [-0.3, -0.25) is 4.18 Å². The van der Waals surface area contributed by atoms with Crippen LogP contribution in [0.1, 0.15) is 15.9 Å². The van der Waals surface area contributed by atoms with Gasteiger partial charge in [0.2, 0.25) is 0 Å². The Morgan fingerprint density at radius 3 is 2.27 bits per heavy atom. The van der Waals surface area contributed by atoms with E-state index in [1.54, 1.807) is 0 Å². The largest absolute Gasteiger partial charge is 0.478 e. The smallest absolute Gasteiger partial charge is 0.335 e. The van der Waals surface area contributed by atoms with Gasteiger partial charge in [-0.25, -0.2) is 4.79 Å². The maximum Gasteiger partial charge on any atom is 0.335 e. The van der Waals surface area contributed by atoms with Gasteiger partial charge in [0.05, 0.1) is 18.4 Å². The summed E-state index contributed by atoms with van der Waals surface area (Å²) in [7, 11) is -3.47. The Morgan fingerprint density at radius 2 is 1.87 bits per heavy atom. The highest BCUT2D eigenvalue weighted by Crippen LogP contribution is 2.06. The van der Waals surface area contributed by atoms with Gasteiger partial charge in [0.25, 0.3) is 10.1 Å². The fourth-order valence-electron chi connectivity index (χ4n) is 0.919. The molecule has 0 amide bonds. The summed E-state index contributed by atoms with van der Waals surface area (Å²) in [6.45, 7) is -0.0846. The first-order chi connectivity index (χ1) is 6.88. The van der Waals surface area contributed by atoms with Crippen LogP contribution < -0.4 is 0 Å². The maximum atomic E-state index is 10.7. The minimum Gasteiger partial charge on any atom is -0.478 e. The van der Waals surface area contributed by atoms with Gasteiger partial charge >= 0.3 is 5.97 Å². The predicted octanol–water partition coefficient (Wildman–Crippen LogP) is 0.861. The van der Waals surface area contributed by atoms with E-state index < -0.39 is 16.1 Å². The highest BCUT2D eigenvalue weighted by atomic mass is 32.2. The number of benzene rings is 1. The molecule has 1 aromatic carbocycles. The lowest BCUT2D eigenvalue weighted by Crippen LogP contribution is -2.03. The van der Waals surface area contributed by atoms with Crippen molar-refractivity contribution in [1.29, 1.82) is 0 Å². The fourth-order valence-corrected chi connectivity index (χ4v) is 1.27. The molecule has 6 heteroatoms. The van der Waals surface area contributed by atoms with Crippen LogP contribution in [0.2, 0.25) is 0 Å². The molecule has 0 saturated heterocycles. The van der Waals surface area contributed by atoms with Gasteiger partial charge in [-0.2, -0.15) is 8.42 Å². The van der Waals surface area contributed by atoms with E-state index in [4.69, 9.17) is 5.11 Å². The van der Waals surface area contributed by atoms with Gasteiger partial charge in [0.1, 0.15) is 0 Å². The molecule has 0 aliphatic carbocycles. The fraction of sp³-hybridized carbons (Fsp3) is 0.222. The van der Waals surface area contributed by atoms with Crippen LogP contribution in [0, 0.1) is 0 Å². The Balaban J connectivity index is 2.69. The molecule has 0 aliphatic heterocycles. The summed E-state index contributed by atoms with van der Waals surface area (Å²) in [5.74, 6) is -1.02. The highest BCUT2D eigenvalue weighted by Gasteiger charge is 2.04. The maximum absolute atomic E-state index is 10.7. The lowest BCUT2D eigenvalue weighted by Gasteiger charge is -2.01. The molecule has 0 heterocycles. The van der Waals surface area contributed by atoms with Gasteiger partial charge in [-0.1, -0.05) is 12.1 Å². The van der Waals surface area contributed by atoms with E-state index in [1.165, 1.54) is 24.3 Å². The molecule has 0 unspecified atom stereocenters. The van der Waals surface area contributed by atoms with E-state index in [1.807, 2.05) is 0 Å². The van der Waals surface area contributed by atoms with Crippen LogP contribution in [-0.2, 0) is 20.9 Å². The molecular formula is C9H10O5S. The zero-order valence-electron chi connectivity index (χ0n) is 8.00. The topological polar surface area (TPSA) is 80.7 Å². The Hall–Kier alpha value is -1.40. The molecule has 5 nitrogen and oxygen atoms in total. The number of carbonyl (C=O) groups is 1. The summed E-state index contributed by atoms with van der Waals surface area (Å²) in [4.78, 5) is 10.5. The van der Waals surface area contributed by atoms with E-state index in [-0.39, 0.29) is 12.2 Å². The van der Waals surface area contributed by atoms with Crippen LogP contribution in [0.4, 0.5) is 0 Å². The number of hydrogen-bond donors (Lipinski definition) is 1. The van der Waals surface area contributed by atoms with E-state index >= 15 is 0 Å². The molecule has 1 rings (SSSR count). The van der Waals surface area contributed by atoms with Crippen molar-refractivity contribution in [3.63, 3.8) is 0 Å². The van der Waals surface area contributed by atoms with Crippen molar-refractivity contribution >= 4 is 16.1 Å². The first kappa shape index (κ1) is 11.7. The van der Waals surface area contributed by atoms with Crippen molar-refractivity contribution in [3.8, 4) is 0 Å². The average Bonchev–Trinajstić information content (AvgIpc) is 2.14. The summed E-state index contributed by atoms with van der Waals surface area (Å²) < 4.78 is 25.9. The summed E-state index contributed by atoms with van der Waals surface area (Å²) in [5, 5.41) is 8.61. The van der Waals surface area contributed by atoms with Crippen molar-refractivity contribution in [3.05, 3.63) is 35.4 Å². The van der Waals surface area contributed by atoms with Gasteiger partial charge in [0, 0.05) is 0 Å². The molecule has 0 atom stereocenters. The molecule has 0 aromatic heterocycles. The molecule has 82 valence electrons.